The highest BCUT2D eigenvalue weighted by molar-refractivity contribution is 8.00. The van der Waals surface area contributed by atoms with E-state index in [0.717, 1.165) is 0 Å². The Bertz CT molecular complexity index is 453. The van der Waals surface area contributed by atoms with E-state index in [-0.39, 0.29) is 11.0 Å². The molecule has 0 saturated carbocycles. The van der Waals surface area contributed by atoms with Crippen LogP contribution in [0, 0.1) is 0 Å². The molecule has 0 amide bonds. The van der Waals surface area contributed by atoms with Gasteiger partial charge < -0.3 is 4.42 Å². The molecule has 1 unspecified atom stereocenters. The van der Waals surface area contributed by atoms with E-state index in [1.54, 1.807) is 6.20 Å². The van der Waals surface area contributed by atoms with Crippen LogP contribution in [0.1, 0.15) is 17.3 Å². The van der Waals surface area contributed by atoms with Crippen molar-refractivity contribution in [1.29, 1.82) is 0 Å². The van der Waals surface area contributed by atoms with Crippen molar-refractivity contribution in [3.63, 3.8) is 0 Å². The van der Waals surface area contributed by atoms with Crippen molar-refractivity contribution in [1.82, 2.24) is 4.98 Å². The molecular weight excluding hydrogens is 222 g/mol. The third-order valence-electron chi connectivity index (χ3n) is 2.11. The SMILES string of the molecule is CC(Sc1ncco1)C(=O)c1ccccc1. The number of carbonyl (C=O) groups excluding carboxylic acids is 1. The first-order valence-corrected chi connectivity index (χ1v) is 5.81. The molecule has 0 saturated heterocycles. The lowest BCUT2D eigenvalue weighted by Gasteiger charge is -2.06. The molecule has 0 N–H and O–H groups in total. The van der Waals surface area contributed by atoms with E-state index in [0.29, 0.717) is 10.8 Å². The zero-order chi connectivity index (χ0) is 11.4. The number of aromatic nitrogens is 1. The lowest BCUT2D eigenvalue weighted by Crippen LogP contribution is -2.13. The molecule has 0 aliphatic heterocycles. The maximum absolute atomic E-state index is 12.0. The first-order valence-electron chi connectivity index (χ1n) is 4.93. The van der Waals surface area contributed by atoms with Crippen molar-refractivity contribution in [3.05, 3.63) is 48.4 Å². The zero-order valence-electron chi connectivity index (χ0n) is 8.79. The Morgan fingerprint density at radius 1 is 1.38 bits per heavy atom. The average Bonchev–Trinajstić information content (AvgIpc) is 2.82. The minimum Gasteiger partial charge on any atom is -0.440 e. The van der Waals surface area contributed by atoms with Gasteiger partial charge in [0.25, 0.3) is 5.22 Å². The van der Waals surface area contributed by atoms with Crippen molar-refractivity contribution in [2.45, 2.75) is 17.4 Å². The molecule has 0 radical (unpaired) electrons. The molecule has 2 rings (SSSR count). The molecule has 1 aromatic heterocycles. The van der Waals surface area contributed by atoms with Gasteiger partial charge in [0.2, 0.25) is 0 Å². The number of Topliss-reactive ketones (excluding diaryl/α,β-unsaturated/α-hetero) is 1. The van der Waals surface area contributed by atoms with Gasteiger partial charge in [-0.05, 0) is 6.92 Å². The zero-order valence-corrected chi connectivity index (χ0v) is 9.61. The van der Waals surface area contributed by atoms with Gasteiger partial charge in [-0.25, -0.2) is 4.98 Å². The van der Waals surface area contributed by atoms with Crippen LogP contribution in [0.2, 0.25) is 0 Å². The molecule has 16 heavy (non-hydrogen) atoms. The van der Waals surface area contributed by atoms with Gasteiger partial charge in [-0.2, -0.15) is 0 Å². The van der Waals surface area contributed by atoms with Gasteiger partial charge in [0.05, 0.1) is 11.4 Å². The molecular formula is C12H11NO2S. The topological polar surface area (TPSA) is 43.1 Å². The maximum atomic E-state index is 12.0. The van der Waals surface area contributed by atoms with Gasteiger partial charge in [-0.1, -0.05) is 42.1 Å². The normalized spacial score (nSPS) is 12.3. The largest absolute Gasteiger partial charge is 0.440 e. The van der Waals surface area contributed by atoms with Crippen LogP contribution in [0.5, 0.6) is 0 Å². The van der Waals surface area contributed by atoms with Gasteiger partial charge in [-0.3, -0.25) is 4.79 Å². The van der Waals surface area contributed by atoms with E-state index in [1.165, 1.54) is 18.0 Å². The first-order chi connectivity index (χ1) is 7.77. The first kappa shape index (κ1) is 11.0. The van der Waals surface area contributed by atoms with Crippen LogP contribution in [0.15, 0.2) is 52.4 Å². The molecule has 0 bridgehead atoms. The summed E-state index contributed by atoms with van der Waals surface area (Å²) in [5.74, 6) is 0.0869. The highest BCUT2D eigenvalue weighted by atomic mass is 32.2. The second-order valence-corrected chi connectivity index (χ2v) is 4.58. The second kappa shape index (κ2) is 4.99. The molecule has 0 spiro atoms. The van der Waals surface area contributed by atoms with Crippen molar-refractivity contribution in [2.75, 3.05) is 0 Å². The van der Waals surface area contributed by atoms with Crippen LogP contribution < -0.4 is 0 Å². The van der Waals surface area contributed by atoms with Gasteiger partial charge in [0, 0.05) is 5.56 Å². The van der Waals surface area contributed by atoms with E-state index in [2.05, 4.69) is 4.98 Å². The number of hydrogen-bond acceptors (Lipinski definition) is 4. The van der Waals surface area contributed by atoms with Gasteiger partial charge in [0.1, 0.15) is 6.26 Å². The lowest BCUT2D eigenvalue weighted by molar-refractivity contribution is 0.0993. The van der Waals surface area contributed by atoms with Crippen LogP contribution in [0.4, 0.5) is 0 Å². The number of benzene rings is 1. The molecule has 1 atom stereocenters. The van der Waals surface area contributed by atoms with E-state index in [1.807, 2.05) is 37.3 Å². The van der Waals surface area contributed by atoms with E-state index >= 15 is 0 Å². The lowest BCUT2D eigenvalue weighted by atomic mass is 10.1. The van der Waals surface area contributed by atoms with Gasteiger partial charge in [-0.15, -0.1) is 0 Å². The van der Waals surface area contributed by atoms with Crippen LogP contribution in [-0.4, -0.2) is 16.0 Å². The third kappa shape index (κ3) is 2.52. The summed E-state index contributed by atoms with van der Waals surface area (Å²) in [5, 5.41) is 0.331. The number of ketones is 1. The number of oxazole rings is 1. The second-order valence-electron chi connectivity index (χ2n) is 3.29. The van der Waals surface area contributed by atoms with Crippen molar-refractivity contribution in [2.24, 2.45) is 0 Å². The monoisotopic (exact) mass is 233 g/mol. The Kier molecular flexibility index (Phi) is 3.41. The number of nitrogens with zero attached hydrogens (tertiary/aromatic N) is 1. The third-order valence-corrected chi connectivity index (χ3v) is 3.09. The average molecular weight is 233 g/mol. The molecule has 2 aromatic rings. The quantitative estimate of drug-likeness (QED) is 0.601. The molecule has 0 fully saturated rings. The van der Waals surface area contributed by atoms with Crippen molar-refractivity contribution >= 4 is 17.5 Å². The summed E-state index contributed by atoms with van der Waals surface area (Å²) in [4.78, 5) is 16.0. The molecule has 0 aliphatic carbocycles. The van der Waals surface area contributed by atoms with Crippen LogP contribution >= 0.6 is 11.8 Å². The molecule has 1 aromatic carbocycles. The van der Waals surface area contributed by atoms with E-state index in [4.69, 9.17) is 4.42 Å². The predicted molar refractivity (Wildman–Crippen MR) is 62.6 cm³/mol. The maximum Gasteiger partial charge on any atom is 0.256 e. The summed E-state index contributed by atoms with van der Waals surface area (Å²) in [6.45, 7) is 1.85. The van der Waals surface area contributed by atoms with Crippen molar-refractivity contribution < 1.29 is 9.21 Å². The molecule has 4 heteroatoms. The molecule has 82 valence electrons. The molecule has 0 aliphatic rings. The Morgan fingerprint density at radius 3 is 2.75 bits per heavy atom. The van der Waals surface area contributed by atoms with Crippen LogP contribution in [0.25, 0.3) is 0 Å². The summed E-state index contributed by atoms with van der Waals surface area (Å²) >= 11 is 1.33. The number of rotatable bonds is 4. The Balaban J connectivity index is 2.05. The summed E-state index contributed by atoms with van der Waals surface area (Å²) < 4.78 is 5.09. The Labute approximate surface area is 97.9 Å². The minimum absolute atomic E-state index is 0.0869. The van der Waals surface area contributed by atoms with Crippen LogP contribution in [0.3, 0.4) is 0 Å². The number of thioether (sulfide) groups is 1. The van der Waals surface area contributed by atoms with Crippen LogP contribution in [-0.2, 0) is 0 Å². The smallest absolute Gasteiger partial charge is 0.256 e. The van der Waals surface area contributed by atoms with E-state index < -0.39 is 0 Å². The Hall–Kier alpha value is -1.55. The fourth-order valence-corrected chi connectivity index (χ4v) is 2.09. The fraction of sp³-hybridized carbons (Fsp3) is 0.167. The molecule has 1 heterocycles. The fourth-order valence-electron chi connectivity index (χ4n) is 1.31. The predicted octanol–water partition coefficient (Wildman–Crippen LogP) is 3.04. The highest BCUT2D eigenvalue weighted by Gasteiger charge is 2.17. The number of carbonyl (C=O) groups is 1. The van der Waals surface area contributed by atoms with Gasteiger partial charge >= 0.3 is 0 Å². The molecule has 3 nitrogen and oxygen atoms in total. The summed E-state index contributed by atoms with van der Waals surface area (Å²) in [6, 6.07) is 9.23. The van der Waals surface area contributed by atoms with Gasteiger partial charge in [0.15, 0.2) is 5.78 Å². The summed E-state index contributed by atoms with van der Waals surface area (Å²) in [7, 11) is 0. The summed E-state index contributed by atoms with van der Waals surface area (Å²) in [6.07, 6.45) is 3.07. The number of hydrogen-bond donors (Lipinski definition) is 0. The minimum atomic E-state index is -0.193. The summed E-state index contributed by atoms with van der Waals surface area (Å²) in [5.41, 5.74) is 0.717. The van der Waals surface area contributed by atoms with Crippen molar-refractivity contribution in [3.8, 4) is 0 Å². The standard InChI is InChI=1S/C12H11NO2S/c1-9(16-12-13-7-8-15-12)11(14)10-5-3-2-4-6-10/h2-9H,1H3. The van der Waals surface area contributed by atoms with E-state index in [9.17, 15) is 4.79 Å². The Morgan fingerprint density at radius 2 is 2.12 bits per heavy atom. The highest BCUT2D eigenvalue weighted by Crippen LogP contribution is 2.23.